The Bertz CT molecular complexity index is 1220. The Hall–Kier alpha value is -3.69. The normalized spacial score (nSPS) is 18.1. The number of rotatable bonds is 10. The van der Waals surface area contributed by atoms with Gasteiger partial charge in [-0.15, -0.1) is 0 Å². The molecule has 0 unspecified atom stereocenters. The molecule has 0 radical (unpaired) electrons. The first-order chi connectivity index (χ1) is 18.5. The lowest BCUT2D eigenvalue weighted by Gasteiger charge is -2.34. The number of piperazine rings is 1. The van der Waals surface area contributed by atoms with Crippen molar-refractivity contribution in [3.63, 3.8) is 0 Å². The van der Waals surface area contributed by atoms with E-state index < -0.39 is 0 Å². The summed E-state index contributed by atoms with van der Waals surface area (Å²) >= 11 is 0. The molecule has 3 heterocycles. The maximum atomic E-state index is 12.9. The lowest BCUT2D eigenvalue weighted by molar-refractivity contribution is -0.119. The highest BCUT2D eigenvalue weighted by Crippen LogP contribution is 2.20. The van der Waals surface area contributed by atoms with Crippen LogP contribution in [-0.2, 0) is 11.3 Å². The number of carbonyl (C=O) groups excluding carboxylic acids is 2. The molecule has 2 aliphatic rings. The molecule has 3 aromatic rings. The van der Waals surface area contributed by atoms with Crippen LogP contribution in [-0.4, -0.2) is 90.6 Å². The summed E-state index contributed by atoms with van der Waals surface area (Å²) in [4.78, 5) is 30.7. The molecule has 1 aromatic heterocycles. The summed E-state index contributed by atoms with van der Waals surface area (Å²) in [6.45, 7) is 5.90. The number of likely N-dealkylation sites (N-methyl/N-ethyl adjacent to an activating group) is 1. The molecule has 0 aliphatic carbocycles. The van der Waals surface area contributed by atoms with E-state index in [0.29, 0.717) is 31.8 Å². The minimum absolute atomic E-state index is 0.118. The third-order valence-corrected chi connectivity index (χ3v) is 7.09. The predicted molar refractivity (Wildman–Crippen MR) is 144 cm³/mol. The lowest BCUT2D eigenvalue weighted by atomic mass is 10.1. The quantitative estimate of drug-likeness (QED) is 0.442. The van der Waals surface area contributed by atoms with Crippen LogP contribution in [0.3, 0.4) is 0 Å². The van der Waals surface area contributed by atoms with Crippen LogP contribution >= 0.6 is 0 Å². The van der Waals surface area contributed by atoms with E-state index in [1.54, 1.807) is 6.07 Å². The number of carbonyl (C=O) groups is 2. The Morgan fingerprint density at radius 3 is 2.68 bits per heavy atom. The number of amides is 2. The fraction of sp³-hybridized carbons (Fsp3) is 0.414. The van der Waals surface area contributed by atoms with Crippen molar-refractivity contribution in [2.24, 2.45) is 0 Å². The Kier molecular flexibility index (Phi) is 8.35. The maximum Gasteiger partial charge on any atom is 0.292 e. The van der Waals surface area contributed by atoms with Crippen molar-refractivity contribution >= 4 is 11.8 Å². The first kappa shape index (κ1) is 25.9. The average molecular weight is 518 g/mol. The van der Waals surface area contributed by atoms with Crippen molar-refractivity contribution in [2.75, 3.05) is 52.9 Å². The first-order valence-electron chi connectivity index (χ1n) is 13.3. The molecule has 38 heavy (non-hydrogen) atoms. The fourth-order valence-corrected chi connectivity index (χ4v) is 5.04. The second-order valence-electron chi connectivity index (χ2n) is 10.1. The zero-order valence-electron chi connectivity index (χ0n) is 21.8. The zero-order chi connectivity index (χ0) is 26.3. The van der Waals surface area contributed by atoms with Crippen LogP contribution < -0.4 is 10.1 Å². The van der Waals surface area contributed by atoms with Gasteiger partial charge < -0.3 is 24.4 Å². The summed E-state index contributed by atoms with van der Waals surface area (Å²) < 4.78 is 11.4. The molecular formula is C29H35N5O4. The first-order valence-corrected chi connectivity index (χ1v) is 13.3. The summed E-state index contributed by atoms with van der Waals surface area (Å²) in [5.41, 5.74) is 2.78. The largest absolute Gasteiger partial charge is 0.492 e. The van der Waals surface area contributed by atoms with Gasteiger partial charge in [-0.25, -0.2) is 0 Å². The molecule has 1 atom stereocenters. The minimum Gasteiger partial charge on any atom is -0.492 e. The zero-order valence-corrected chi connectivity index (χ0v) is 21.8. The van der Waals surface area contributed by atoms with Crippen LogP contribution in [0.4, 0.5) is 0 Å². The maximum absolute atomic E-state index is 12.9. The number of hydrogen-bond acceptors (Lipinski definition) is 7. The van der Waals surface area contributed by atoms with Gasteiger partial charge in [-0.3, -0.25) is 14.5 Å². The molecule has 1 N–H and O–H groups in total. The molecule has 2 saturated heterocycles. The summed E-state index contributed by atoms with van der Waals surface area (Å²) in [6, 6.07) is 19.9. The fourth-order valence-electron chi connectivity index (χ4n) is 5.04. The topological polar surface area (TPSA) is 91.2 Å². The van der Waals surface area contributed by atoms with Gasteiger partial charge in [0.15, 0.2) is 0 Å². The van der Waals surface area contributed by atoms with E-state index in [4.69, 9.17) is 9.26 Å². The van der Waals surface area contributed by atoms with Crippen LogP contribution in [0.15, 0.2) is 65.2 Å². The van der Waals surface area contributed by atoms with Crippen LogP contribution in [0.25, 0.3) is 11.3 Å². The summed E-state index contributed by atoms with van der Waals surface area (Å²) in [6.07, 6.45) is 1.54. The molecular weight excluding hydrogens is 482 g/mol. The molecule has 2 amide bonds. The highest BCUT2D eigenvalue weighted by atomic mass is 16.5. The Labute approximate surface area is 223 Å². The summed E-state index contributed by atoms with van der Waals surface area (Å²) in [5.74, 6) is 1.17. The molecule has 200 valence electrons. The molecule has 9 nitrogen and oxygen atoms in total. The van der Waals surface area contributed by atoms with Crippen LogP contribution in [0, 0.1) is 0 Å². The van der Waals surface area contributed by atoms with Crippen molar-refractivity contribution < 1.29 is 18.8 Å². The van der Waals surface area contributed by atoms with E-state index >= 15 is 0 Å². The minimum atomic E-state index is -0.118. The Balaban J connectivity index is 1.03. The highest BCUT2D eigenvalue weighted by molar-refractivity contribution is 5.92. The number of benzene rings is 2. The Morgan fingerprint density at radius 1 is 1.11 bits per heavy atom. The SMILES string of the molecule is CN(Cc1cccc(OCCN2CCN(C(=O)c3cc(-c4ccccc4)no3)CC2)c1)C[C@H]1CCC(=O)N1. The summed E-state index contributed by atoms with van der Waals surface area (Å²) in [5, 5.41) is 7.09. The highest BCUT2D eigenvalue weighted by Gasteiger charge is 2.25. The van der Waals surface area contributed by atoms with Crippen molar-refractivity contribution in [3.05, 3.63) is 72.0 Å². The molecule has 2 fully saturated rings. The second kappa shape index (κ2) is 12.2. The standard InChI is InChI=1S/C29H35N5O4/c1-32(21-24-10-11-28(35)30-24)20-22-6-5-9-25(18-22)37-17-16-33-12-14-34(15-13-33)29(36)27-19-26(31-38-27)23-7-3-2-4-8-23/h2-9,18-19,24H,10-17,20-21H2,1H3,(H,30,35)/t24-/m1/s1. The van der Waals surface area contributed by atoms with Gasteiger partial charge in [0.1, 0.15) is 18.1 Å². The van der Waals surface area contributed by atoms with Crippen molar-refractivity contribution in [2.45, 2.75) is 25.4 Å². The van der Waals surface area contributed by atoms with E-state index in [0.717, 1.165) is 50.5 Å². The number of ether oxygens (including phenoxy) is 1. The van der Waals surface area contributed by atoms with Crippen LogP contribution in [0.5, 0.6) is 5.75 Å². The van der Waals surface area contributed by atoms with E-state index in [1.807, 2.05) is 47.4 Å². The van der Waals surface area contributed by atoms with Crippen LogP contribution in [0.2, 0.25) is 0 Å². The van der Waals surface area contributed by atoms with E-state index in [2.05, 4.69) is 39.5 Å². The smallest absolute Gasteiger partial charge is 0.292 e. The lowest BCUT2D eigenvalue weighted by Crippen LogP contribution is -2.49. The van der Waals surface area contributed by atoms with Gasteiger partial charge in [-0.05, 0) is 31.2 Å². The average Bonchev–Trinajstić information content (AvgIpc) is 3.59. The van der Waals surface area contributed by atoms with E-state index in [9.17, 15) is 9.59 Å². The predicted octanol–water partition coefficient (Wildman–Crippen LogP) is 2.89. The van der Waals surface area contributed by atoms with Crippen molar-refractivity contribution in [3.8, 4) is 17.0 Å². The molecule has 0 saturated carbocycles. The number of nitrogens with one attached hydrogen (secondary N) is 1. The number of aromatic nitrogens is 1. The van der Waals surface area contributed by atoms with Gasteiger partial charge in [0.2, 0.25) is 11.7 Å². The molecule has 5 rings (SSSR count). The van der Waals surface area contributed by atoms with Gasteiger partial charge in [-0.2, -0.15) is 0 Å². The van der Waals surface area contributed by atoms with E-state index in [-0.39, 0.29) is 23.6 Å². The van der Waals surface area contributed by atoms with Crippen molar-refractivity contribution in [1.82, 2.24) is 25.2 Å². The van der Waals surface area contributed by atoms with E-state index in [1.165, 1.54) is 5.56 Å². The van der Waals surface area contributed by atoms with Gasteiger partial charge in [0.05, 0.1) is 0 Å². The van der Waals surface area contributed by atoms with Gasteiger partial charge >= 0.3 is 0 Å². The monoisotopic (exact) mass is 517 g/mol. The molecule has 2 aliphatic heterocycles. The number of nitrogens with zero attached hydrogens (tertiary/aromatic N) is 4. The molecule has 2 aromatic carbocycles. The molecule has 9 heteroatoms. The van der Waals surface area contributed by atoms with Gasteiger partial charge in [0, 0.05) is 69.9 Å². The van der Waals surface area contributed by atoms with Gasteiger partial charge in [-0.1, -0.05) is 47.6 Å². The number of hydrogen-bond donors (Lipinski definition) is 1. The second-order valence-corrected chi connectivity index (χ2v) is 10.1. The third-order valence-electron chi connectivity index (χ3n) is 7.09. The third kappa shape index (κ3) is 6.79. The Morgan fingerprint density at radius 2 is 1.92 bits per heavy atom. The molecule has 0 bridgehead atoms. The molecule has 0 spiro atoms. The van der Waals surface area contributed by atoms with Gasteiger partial charge in [0.25, 0.3) is 5.91 Å². The van der Waals surface area contributed by atoms with Crippen LogP contribution in [0.1, 0.15) is 29.0 Å². The summed E-state index contributed by atoms with van der Waals surface area (Å²) in [7, 11) is 2.08. The van der Waals surface area contributed by atoms with Crippen molar-refractivity contribution in [1.29, 1.82) is 0 Å².